The van der Waals surface area contributed by atoms with Crippen molar-refractivity contribution in [3.63, 3.8) is 0 Å². The standard InChI is InChI=1S/C16H26N2O2/c1-13-4-5-15(18-8-6-16(2,19)12-18)14(10-13)11-17-7-9-20-3/h4-5,10,17,19H,6-9,11-12H2,1-3H3. The fourth-order valence-corrected chi connectivity index (χ4v) is 2.71. The number of nitrogens with one attached hydrogen (secondary N) is 1. The highest BCUT2D eigenvalue weighted by atomic mass is 16.5. The molecule has 1 aromatic rings. The molecule has 2 N–H and O–H groups in total. The van der Waals surface area contributed by atoms with E-state index < -0.39 is 5.60 Å². The van der Waals surface area contributed by atoms with Crippen molar-refractivity contribution >= 4 is 5.69 Å². The number of aliphatic hydroxyl groups is 1. The van der Waals surface area contributed by atoms with Gasteiger partial charge in [0.2, 0.25) is 0 Å². The van der Waals surface area contributed by atoms with Crippen molar-refractivity contribution in [1.29, 1.82) is 0 Å². The SMILES string of the molecule is COCCNCc1cc(C)ccc1N1CCC(C)(O)C1. The Bertz CT molecular complexity index is 446. The molecule has 1 unspecified atom stereocenters. The van der Waals surface area contributed by atoms with Gasteiger partial charge < -0.3 is 20.1 Å². The molecule has 2 rings (SSSR count). The quantitative estimate of drug-likeness (QED) is 0.777. The third-order valence-electron chi connectivity index (χ3n) is 3.83. The van der Waals surface area contributed by atoms with Crippen LogP contribution >= 0.6 is 0 Å². The molecule has 112 valence electrons. The molecule has 1 aromatic carbocycles. The zero-order valence-electron chi connectivity index (χ0n) is 12.8. The van der Waals surface area contributed by atoms with E-state index in [1.807, 2.05) is 6.92 Å². The van der Waals surface area contributed by atoms with Crippen LogP contribution in [0, 0.1) is 6.92 Å². The molecule has 1 aliphatic rings. The molecule has 0 aromatic heterocycles. The van der Waals surface area contributed by atoms with E-state index in [0.29, 0.717) is 6.54 Å². The molecule has 4 heteroatoms. The molecule has 0 bridgehead atoms. The van der Waals surface area contributed by atoms with Crippen LogP contribution in [0.1, 0.15) is 24.5 Å². The molecular weight excluding hydrogens is 252 g/mol. The maximum absolute atomic E-state index is 10.1. The van der Waals surface area contributed by atoms with Gasteiger partial charge in [0.1, 0.15) is 0 Å². The summed E-state index contributed by atoms with van der Waals surface area (Å²) >= 11 is 0. The van der Waals surface area contributed by atoms with Gasteiger partial charge in [-0.05, 0) is 31.9 Å². The lowest BCUT2D eigenvalue weighted by molar-refractivity contribution is 0.0839. The lowest BCUT2D eigenvalue weighted by Crippen LogP contribution is -2.30. The number of aryl methyl sites for hydroxylation is 1. The fourth-order valence-electron chi connectivity index (χ4n) is 2.71. The van der Waals surface area contributed by atoms with E-state index in [9.17, 15) is 5.11 Å². The van der Waals surface area contributed by atoms with Crippen molar-refractivity contribution in [1.82, 2.24) is 5.32 Å². The maximum atomic E-state index is 10.1. The topological polar surface area (TPSA) is 44.7 Å². The number of ether oxygens (including phenoxy) is 1. The van der Waals surface area contributed by atoms with Gasteiger partial charge in [-0.2, -0.15) is 0 Å². The second kappa shape index (κ2) is 6.57. The minimum Gasteiger partial charge on any atom is -0.388 e. The van der Waals surface area contributed by atoms with Crippen molar-refractivity contribution in [2.45, 2.75) is 32.4 Å². The second-order valence-electron chi connectivity index (χ2n) is 5.97. The Morgan fingerprint density at radius 2 is 2.25 bits per heavy atom. The van der Waals surface area contributed by atoms with Crippen LogP contribution in [-0.2, 0) is 11.3 Å². The van der Waals surface area contributed by atoms with E-state index in [-0.39, 0.29) is 0 Å². The predicted molar refractivity (Wildman–Crippen MR) is 82.2 cm³/mol. The minimum absolute atomic E-state index is 0.564. The summed E-state index contributed by atoms with van der Waals surface area (Å²) in [7, 11) is 1.71. The largest absolute Gasteiger partial charge is 0.388 e. The molecule has 1 aliphatic heterocycles. The van der Waals surface area contributed by atoms with Gasteiger partial charge >= 0.3 is 0 Å². The van der Waals surface area contributed by atoms with Crippen LogP contribution in [0.25, 0.3) is 0 Å². The second-order valence-corrected chi connectivity index (χ2v) is 5.97. The highest BCUT2D eigenvalue weighted by Crippen LogP contribution is 2.29. The van der Waals surface area contributed by atoms with Gasteiger partial charge in [0.25, 0.3) is 0 Å². The molecule has 1 atom stereocenters. The van der Waals surface area contributed by atoms with Gasteiger partial charge in [0.05, 0.1) is 12.2 Å². The summed E-state index contributed by atoms with van der Waals surface area (Å²) in [5.74, 6) is 0. The zero-order valence-corrected chi connectivity index (χ0v) is 12.8. The first-order valence-electron chi connectivity index (χ1n) is 7.28. The minimum atomic E-state index is -0.564. The maximum Gasteiger partial charge on any atom is 0.0810 e. The van der Waals surface area contributed by atoms with Crippen molar-refractivity contribution in [2.24, 2.45) is 0 Å². The lowest BCUT2D eigenvalue weighted by Gasteiger charge is -2.24. The summed E-state index contributed by atoms with van der Waals surface area (Å²) in [6, 6.07) is 6.53. The van der Waals surface area contributed by atoms with Crippen LogP contribution in [0.15, 0.2) is 18.2 Å². The van der Waals surface area contributed by atoms with Crippen LogP contribution in [0.5, 0.6) is 0 Å². The van der Waals surface area contributed by atoms with Crippen LogP contribution in [0.2, 0.25) is 0 Å². The van der Waals surface area contributed by atoms with E-state index in [4.69, 9.17) is 4.74 Å². The molecule has 0 spiro atoms. The van der Waals surface area contributed by atoms with E-state index in [1.54, 1.807) is 7.11 Å². The van der Waals surface area contributed by atoms with E-state index >= 15 is 0 Å². The van der Waals surface area contributed by atoms with Gasteiger partial charge in [-0.15, -0.1) is 0 Å². The fraction of sp³-hybridized carbons (Fsp3) is 0.625. The molecule has 0 aliphatic carbocycles. The van der Waals surface area contributed by atoms with Gasteiger partial charge in [-0.3, -0.25) is 0 Å². The Morgan fingerprint density at radius 3 is 2.90 bits per heavy atom. The van der Waals surface area contributed by atoms with Crippen LogP contribution in [0.3, 0.4) is 0 Å². The van der Waals surface area contributed by atoms with Gasteiger partial charge in [-0.25, -0.2) is 0 Å². The number of hydrogen-bond acceptors (Lipinski definition) is 4. The Morgan fingerprint density at radius 1 is 1.45 bits per heavy atom. The molecule has 20 heavy (non-hydrogen) atoms. The number of anilines is 1. The highest BCUT2D eigenvalue weighted by Gasteiger charge is 2.32. The molecule has 0 radical (unpaired) electrons. The average Bonchev–Trinajstić information content (AvgIpc) is 2.75. The summed E-state index contributed by atoms with van der Waals surface area (Å²) < 4.78 is 5.05. The zero-order chi connectivity index (χ0) is 14.6. The van der Waals surface area contributed by atoms with Crippen molar-refractivity contribution < 1.29 is 9.84 Å². The number of hydrogen-bond donors (Lipinski definition) is 2. The third-order valence-corrected chi connectivity index (χ3v) is 3.83. The van der Waals surface area contributed by atoms with E-state index in [0.717, 1.165) is 32.7 Å². The first kappa shape index (κ1) is 15.3. The van der Waals surface area contributed by atoms with Crippen molar-refractivity contribution in [2.75, 3.05) is 38.3 Å². The average molecular weight is 278 g/mol. The summed E-state index contributed by atoms with van der Waals surface area (Å²) in [5, 5.41) is 13.5. The smallest absolute Gasteiger partial charge is 0.0810 e. The first-order chi connectivity index (χ1) is 9.52. The summed E-state index contributed by atoms with van der Waals surface area (Å²) in [4.78, 5) is 2.28. The number of methoxy groups -OCH3 is 1. The van der Waals surface area contributed by atoms with Crippen molar-refractivity contribution in [3.8, 4) is 0 Å². The Balaban J connectivity index is 2.08. The van der Waals surface area contributed by atoms with Gasteiger partial charge in [0, 0.05) is 39.0 Å². The number of benzene rings is 1. The molecule has 1 heterocycles. The van der Waals surface area contributed by atoms with Gasteiger partial charge in [0.15, 0.2) is 0 Å². The third kappa shape index (κ3) is 3.95. The molecular formula is C16H26N2O2. The first-order valence-corrected chi connectivity index (χ1v) is 7.28. The number of nitrogens with zero attached hydrogens (tertiary/aromatic N) is 1. The monoisotopic (exact) mass is 278 g/mol. The molecule has 4 nitrogen and oxygen atoms in total. The molecule has 0 saturated carbocycles. The predicted octanol–water partition coefficient (Wildman–Crippen LogP) is 1.69. The molecule has 1 saturated heterocycles. The Hall–Kier alpha value is -1.10. The van der Waals surface area contributed by atoms with E-state index in [2.05, 4.69) is 35.3 Å². The molecule has 0 amide bonds. The normalized spacial score (nSPS) is 22.5. The summed E-state index contributed by atoms with van der Waals surface area (Å²) in [6.45, 7) is 8.06. The van der Waals surface area contributed by atoms with E-state index in [1.165, 1.54) is 16.8 Å². The summed E-state index contributed by atoms with van der Waals surface area (Å²) in [5.41, 5.74) is 3.23. The molecule has 1 fully saturated rings. The lowest BCUT2D eigenvalue weighted by atomic mass is 10.1. The Labute approximate surface area is 121 Å². The number of rotatable bonds is 6. The number of β-amino-alcohol motifs (C(OH)–C–C–N with tert-alkyl or cyclic N) is 1. The van der Waals surface area contributed by atoms with Crippen LogP contribution in [0.4, 0.5) is 5.69 Å². The van der Waals surface area contributed by atoms with Crippen LogP contribution in [-0.4, -0.2) is 44.1 Å². The van der Waals surface area contributed by atoms with Crippen LogP contribution < -0.4 is 10.2 Å². The Kier molecular flexibility index (Phi) is 5.02. The van der Waals surface area contributed by atoms with Crippen molar-refractivity contribution in [3.05, 3.63) is 29.3 Å². The summed E-state index contributed by atoms with van der Waals surface area (Å²) in [6.07, 6.45) is 0.831. The highest BCUT2D eigenvalue weighted by molar-refractivity contribution is 5.56. The van der Waals surface area contributed by atoms with Gasteiger partial charge in [-0.1, -0.05) is 17.7 Å².